The minimum absolute atomic E-state index is 0.148. The Kier molecular flexibility index (Phi) is 7.03. The molecule has 0 spiro atoms. The molecule has 2 aliphatic rings. The number of benzene rings is 1. The second-order valence-electron chi connectivity index (χ2n) is 8.00. The molecule has 2 atom stereocenters. The smallest absolute Gasteiger partial charge is 0.128 e. The molecule has 2 aromatic rings. The van der Waals surface area contributed by atoms with Crippen LogP contribution in [-0.2, 0) is 15.9 Å². The highest BCUT2D eigenvalue weighted by Crippen LogP contribution is 2.27. The van der Waals surface area contributed by atoms with Gasteiger partial charge in [0.1, 0.15) is 5.82 Å². The number of aromatic nitrogens is 1. The average Bonchev–Trinajstić information content (AvgIpc) is 2.77. The number of nitrogens with zero attached hydrogens (tertiary/aromatic N) is 3. The predicted octanol–water partition coefficient (Wildman–Crippen LogP) is 3.66. The van der Waals surface area contributed by atoms with Crippen LogP contribution in [0.25, 0.3) is 0 Å². The van der Waals surface area contributed by atoms with Gasteiger partial charge in [0, 0.05) is 50.0 Å². The summed E-state index contributed by atoms with van der Waals surface area (Å²) < 4.78 is 11.5. The first-order chi connectivity index (χ1) is 14.2. The van der Waals surface area contributed by atoms with Gasteiger partial charge in [0.05, 0.1) is 19.3 Å². The van der Waals surface area contributed by atoms with Gasteiger partial charge in [0.15, 0.2) is 0 Å². The highest BCUT2D eigenvalue weighted by Gasteiger charge is 2.35. The lowest BCUT2D eigenvalue weighted by molar-refractivity contribution is -0.103. The zero-order valence-corrected chi connectivity index (χ0v) is 17.8. The maximum Gasteiger partial charge on any atom is 0.128 e. The number of hydrogen-bond donors (Lipinski definition) is 0. The Morgan fingerprint density at radius 3 is 2.62 bits per heavy atom. The Balaban J connectivity index is 1.42. The molecule has 0 saturated carbocycles. The molecular formula is C23H30ClN3O2. The predicted molar refractivity (Wildman–Crippen MR) is 117 cm³/mol. The fraction of sp³-hybridized carbons (Fsp3) is 0.522. The molecule has 0 aliphatic carbocycles. The number of pyridine rings is 1. The fourth-order valence-corrected chi connectivity index (χ4v) is 4.68. The minimum Gasteiger partial charge on any atom is -0.382 e. The molecule has 2 aliphatic heterocycles. The first kappa shape index (κ1) is 20.6. The van der Waals surface area contributed by atoms with Crippen molar-refractivity contribution in [3.05, 3.63) is 59.2 Å². The van der Waals surface area contributed by atoms with Gasteiger partial charge in [-0.15, -0.1) is 0 Å². The topological polar surface area (TPSA) is 37.8 Å². The van der Waals surface area contributed by atoms with Gasteiger partial charge in [-0.1, -0.05) is 29.8 Å². The normalized spacial score (nSPS) is 24.0. The molecular weight excluding hydrogens is 386 g/mol. The highest BCUT2D eigenvalue weighted by atomic mass is 35.5. The van der Waals surface area contributed by atoms with Gasteiger partial charge >= 0.3 is 0 Å². The largest absolute Gasteiger partial charge is 0.382 e. The van der Waals surface area contributed by atoms with Crippen LogP contribution in [0.3, 0.4) is 0 Å². The number of morpholine rings is 1. The SMILES string of the molecule is COC[C@H]1CN(C2CCN(c3ccccn3)CC2)C(Cc2ccc(Cl)cc2)CO1. The number of ether oxygens (including phenoxy) is 2. The molecule has 1 aromatic carbocycles. The fourth-order valence-electron chi connectivity index (χ4n) is 4.55. The minimum atomic E-state index is 0.148. The van der Waals surface area contributed by atoms with E-state index < -0.39 is 0 Å². The number of halogens is 1. The summed E-state index contributed by atoms with van der Waals surface area (Å²) in [7, 11) is 1.75. The van der Waals surface area contributed by atoms with Crippen molar-refractivity contribution in [1.29, 1.82) is 0 Å². The quantitative estimate of drug-likeness (QED) is 0.719. The molecule has 156 valence electrons. The van der Waals surface area contributed by atoms with E-state index in [0.717, 1.165) is 56.3 Å². The van der Waals surface area contributed by atoms with Gasteiger partial charge in [0.2, 0.25) is 0 Å². The summed E-state index contributed by atoms with van der Waals surface area (Å²) in [6.07, 6.45) is 5.30. The molecule has 0 amide bonds. The van der Waals surface area contributed by atoms with E-state index >= 15 is 0 Å². The molecule has 4 rings (SSSR count). The van der Waals surface area contributed by atoms with Crippen molar-refractivity contribution in [3.63, 3.8) is 0 Å². The summed E-state index contributed by atoms with van der Waals surface area (Å²) in [6.45, 7) is 4.41. The number of anilines is 1. The third kappa shape index (κ3) is 5.28. The first-order valence-corrected chi connectivity index (χ1v) is 10.9. The summed E-state index contributed by atoms with van der Waals surface area (Å²) in [5.74, 6) is 1.09. The second-order valence-corrected chi connectivity index (χ2v) is 8.43. The van der Waals surface area contributed by atoms with E-state index in [1.807, 2.05) is 24.4 Å². The molecule has 0 N–H and O–H groups in total. The summed E-state index contributed by atoms with van der Waals surface area (Å²) >= 11 is 6.06. The van der Waals surface area contributed by atoms with Crippen LogP contribution in [0.4, 0.5) is 5.82 Å². The number of hydrogen-bond acceptors (Lipinski definition) is 5. The molecule has 5 nitrogen and oxygen atoms in total. The van der Waals surface area contributed by atoms with Crippen molar-refractivity contribution in [2.24, 2.45) is 0 Å². The Labute approximate surface area is 178 Å². The zero-order valence-electron chi connectivity index (χ0n) is 17.0. The van der Waals surface area contributed by atoms with Gasteiger partial charge in [0.25, 0.3) is 0 Å². The number of piperidine rings is 1. The third-order valence-corrected chi connectivity index (χ3v) is 6.30. The molecule has 0 radical (unpaired) electrons. The van der Waals surface area contributed by atoms with Crippen LogP contribution in [0.1, 0.15) is 18.4 Å². The van der Waals surface area contributed by atoms with Crippen LogP contribution in [0.15, 0.2) is 48.7 Å². The van der Waals surface area contributed by atoms with Crippen molar-refractivity contribution >= 4 is 17.4 Å². The van der Waals surface area contributed by atoms with Crippen molar-refractivity contribution in [1.82, 2.24) is 9.88 Å². The first-order valence-electron chi connectivity index (χ1n) is 10.5. The Bertz CT molecular complexity index is 750. The standard InChI is InChI=1S/C23H30ClN3O2/c1-28-17-22-15-27(21(16-29-22)14-18-5-7-19(24)8-6-18)20-9-12-26(13-10-20)23-4-2-3-11-25-23/h2-8,11,20-22H,9-10,12-17H2,1H3/t21?,22-/m1/s1. The number of methoxy groups -OCH3 is 1. The summed E-state index contributed by atoms with van der Waals surface area (Å²) in [5, 5.41) is 0.785. The zero-order chi connectivity index (χ0) is 20.1. The van der Waals surface area contributed by atoms with Crippen molar-refractivity contribution in [2.45, 2.75) is 37.5 Å². The van der Waals surface area contributed by atoms with Gasteiger partial charge in [-0.25, -0.2) is 4.98 Å². The van der Waals surface area contributed by atoms with Gasteiger partial charge in [-0.2, -0.15) is 0 Å². The van der Waals surface area contributed by atoms with Crippen LogP contribution in [0.5, 0.6) is 0 Å². The average molecular weight is 416 g/mol. The lowest BCUT2D eigenvalue weighted by Crippen LogP contribution is -2.58. The van der Waals surface area contributed by atoms with Crippen LogP contribution in [0.2, 0.25) is 5.02 Å². The van der Waals surface area contributed by atoms with Crippen LogP contribution in [0, 0.1) is 0 Å². The lowest BCUT2D eigenvalue weighted by Gasteiger charge is -2.47. The third-order valence-electron chi connectivity index (χ3n) is 6.05. The van der Waals surface area contributed by atoms with Crippen LogP contribution >= 0.6 is 11.6 Å². The van der Waals surface area contributed by atoms with E-state index in [1.165, 1.54) is 5.56 Å². The molecule has 2 saturated heterocycles. The summed E-state index contributed by atoms with van der Waals surface area (Å²) in [4.78, 5) is 9.60. The maximum atomic E-state index is 6.13. The molecule has 3 heterocycles. The van der Waals surface area contributed by atoms with Crippen LogP contribution in [-0.4, -0.2) is 68.0 Å². The van der Waals surface area contributed by atoms with E-state index in [2.05, 4.69) is 39.0 Å². The van der Waals surface area contributed by atoms with Crippen molar-refractivity contribution in [3.8, 4) is 0 Å². The second kappa shape index (κ2) is 9.90. The molecule has 29 heavy (non-hydrogen) atoms. The Morgan fingerprint density at radius 2 is 1.93 bits per heavy atom. The molecule has 0 bridgehead atoms. The van der Waals surface area contributed by atoms with E-state index in [4.69, 9.17) is 21.1 Å². The van der Waals surface area contributed by atoms with E-state index in [1.54, 1.807) is 7.11 Å². The van der Waals surface area contributed by atoms with Crippen molar-refractivity contribution in [2.75, 3.05) is 44.9 Å². The highest BCUT2D eigenvalue weighted by molar-refractivity contribution is 6.30. The van der Waals surface area contributed by atoms with Gasteiger partial charge < -0.3 is 14.4 Å². The monoisotopic (exact) mass is 415 g/mol. The Morgan fingerprint density at radius 1 is 1.14 bits per heavy atom. The van der Waals surface area contributed by atoms with E-state index in [-0.39, 0.29) is 6.10 Å². The van der Waals surface area contributed by atoms with E-state index in [9.17, 15) is 0 Å². The van der Waals surface area contributed by atoms with E-state index in [0.29, 0.717) is 18.7 Å². The molecule has 1 unspecified atom stereocenters. The maximum absolute atomic E-state index is 6.13. The molecule has 2 fully saturated rings. The summed E-state index contributed by atoms with van der Waals surface area (Å²) in [6, 6.07) is 15.3. The van der Waals surface area contributed by atoms with Gasteiger partial charge in [-0.05, 0) is 49.1 Å². The van der Waals surface area contributed by atoms with Crippen molar-refractivity contribution < 1.29 is 9.47 Å². The Hall–Kier alpha value is -1.66. The van der Waals surface area contributed by atoms with Crippen LogP contribution < -0.4 is 4.90 Å². The summed E-state index contributed by atoms with van der Waals surface area (Å²) in [5.41, 5.74) is 1.31. The number of rotatable bonds is 6. The van der Waals surface area contributed by atoms with Gasteiger partial charge in [-0.3, -0.25) is 4.90 Å². The molecule has 1 aromatic heterocycles. The molecule has 6 heteroatoms. The lowest BCUT2D eigenvalue weighted by atomic mass is 9.96.